The Morgan fingerprint density at radius 2 is 2.43 bits per heavy atom. The third kappa shape index (κ3) is 1.52. The van der Waals surface area contributed by atoms with Gasteiger partial charge in [-0.1, -0.05) is 19.1 Å². The summed E-state index contributed by atoms with van der Waals surface area (Å²) < 4.78 is 5.02. The van der Waals surface area contributed by atoms with Gasteiger partial charge in [-0.3, -0.25) is 4.79 Å². The van der Waals surface area contributed by atoms with Gasteiger partial charge >= 0.3 is 5.97 Å². The molecule has 0 amide bonds. The molecule has 1 N–H and O–H groups in total. The quantitative estimate of drug-likeness (QED) is 0.551. The van der Waals surface area contributed by atoms with Gasteiger partial charge in [0.25, 0.3) is 0 Å². The van der Waals surface area contributed by atoms with Crippen molar-refractivity contribution >= 4 is 23.2 Å². The largest absolute Gasteiger partial charge is 0.466 e. The zero-order valence-corrected chi connectivity index (χ0v) is 9.26. The van der Waals surface area contributed by atoms with E-state index in [1.165, 1.54) is 0 Å². The van der Waals surface area contributed by atoms with Gasteiger partial charge in [0.15, 0.2) is 0 Å². The predicted molar refractivity (Wildman–Crippen MR) is 56.9 cm³/mol. The molecule has 4 heteroatoms. The summed E-state index contributed by atoms with van der Waals surface area (Å²) in [5.41, 5.74) is 0. The average molecular weight is 213 g/mol. The fraction of sp³-hybridized carbons (Fsp3) is 0.800. The van der Waals surface area contributed by atoms with Crippen molar-refractivity contribution in [2.45, 2.75) is 26.3 Å². The molecule has 0 aromatic heterocycles. The first-order chi connectivity index (χ1) is 6.65. The SMILES string of the molecule is CCOC(=O)C1C2NC(=S)CC(C)C21. The molecule has 0 aromatic rings. The van der Waals surface area contributed by atoms with E-state index >= 15 is 0 Å². The molecular formula is C10H15NO2S. The van der Waals surface area contributed by atoms with E-state index in [0.29, 0.717) is 18.4 Å². The highest BCUT2D eigenvalue weighted by Crippen LogP contribution is 2.49. The average Bonchev–Trinajstić information content (AvgIpc) is 2.78. The second kappa shape index (κ2) is 3.50. The normalized spacial score (nSPS) is 39.7. The Bertz CT molecular complexity index is 279. The van der Waals surface area contributed by atoms with E-state index in [4.69, 9.17) is 17.0 Å². The third-order valence-corrected chi connectivity index (χ3v) is 3.41. The molecule has 1 aliphatic heterocycles. The van der Waals surface area contributed by atoms with Crippen LogP contribution in [-0.4, -0.2) is 23.6 Å². The summed E-state index contributed by atoms with van der Waals surface area (Å²) in [4.78, 5) is 12.4. The Labute approximate surface area is 89.2 Å². The topological polar surface area (TPSA) is 38.3 Å². The summed E-state index contributed by atoms with van der Waals surface area (Å²) in [6.07, 6.45) is 0.909. The highest BCUT2D eigenvalue weighted by molar-refractivity contribution is 7.80. The van der Waals surface area contributed by atoms with Crippen molar-refractivity contribution < 1.29 is 9.53 Å². The Morgan fingerprint density at radius 3 is 3.07 bits per heavy atom. The molecule has 4 unspecified atom stereocenters. The monoisotopic (exact) mass is 213 g/mol. The van der Waals surface area contributed by atoms with Crippen molar-refractivity contribution in [3.63, 3.8) is 0 Å². The highest BCUT2D eigenvalue weighted by atomic mass is 32.1. The molecule has 2 rings (SSSR count). The van der Waals surface area contributed by atoms with Crippen molar-refractivity contribution in [1.82, 2.24) is 5.32 Å². The summed E-state index contributed by atoms with van der Waals surface area (Å²) in [6, 6.07) is 0.255. The van der Waals surface area contributed by atoms with Crippen molar-refractivity contribution in [2.24, 2.45) is 17.8 Å². The summed E-state index contributed by atoms with van der Waals surface area (Å²) in [5.74, 6) is 0.945. The zero-order valence-electron chi connectivity index (χ0n) is 8.45. The number of piperidine rings is 1. The molecular weight excluding hydrogens is 198 g/mol. The molecule has 1 aliphatic carbocycles. The highest BCUT2D eigenvalue weighted by Gasteiger charge is 2.60. The molecule has 0 spiro atoms. The smallest absolute Gasteiger partial charge is 0.311 e. The first-order valence-corrected chi connectivity index (χ1v) is 5.52. The maximum absolute atomic E-state index is 11.5. The lowest BCUT2D eigenvalue weighted by molar-refractivity contribution is -0.145. The van der Waals surface area contributed by atoms with Gasteiger partial charge < -0.3 is 10.1 Å². The lowest BCUT2D eigenvalue weighted by Gasteiger charge is -2.18. The summed E-state index contributed by atoms with van der Waals surface area (Å²) in [6.45, 7) is 4.46. The summed E-state index contributed by atoms with van der Waals surface area (Å²) >= 11 is 5.13. The summed E-state index contributed by atoms with van der Waals surface area (Å²) in [5, 5.41) is 3.20. The number of esters is 1. The van der Waals surface area contributed by atoms with Crippen molar-refractivity contribution in [3.05, 3.63) is 0 Å². The predicted octanol–water partition coefficient (Wildman–Crippen LogP) is 1.12. The molecule has 3 nitrogen and oxygen atoms in total. The number of carbonyl (C=O) groups is 1. The van der Waals surface area contributed by atoms with Gasteiger partial charge in [0, 0.05) is 12.5 Å². The molecule has 0 aromatic carbocycles. The van der Waals surface area contributed by atoms with Crippen LogP contribution in [0.15, 0.2) is 0 Å². The molecule has 78 valence electrons. The van der Waals surface area contributed by atoms with Crippen molar-refractivity contribution in [2.75, 3.05) is 6.61 Å². The van der Waals surface area contributed by atoms with Crippen molar-refractivity contribution in [1.29, 1.82) is 0 Å². The van der Waals surface area contributed by atoms with E-state index in [2.05, 4.69) is 12.2 Å². The van der Waals surface area contributed by atoms with Gasteiger partial charge in [0.05, 0.1) is 17.5 Å². The van der Waals surface area contributed by atoms with Gasteiger partial charge in [-0.25, -0.2) is 0 Å². The minimum Gasteiger partial charge on any atom is -0.466 e. The van der Waals surface area contributed by atoms with E-state index in [1.54, 1.807) is 0 Å². The minimum atomic E-state index is -0.0634. The maximum atomic E-state index is 11.5. The second-order valence-electron chi connectivity index (χ2n) is 4.13. The summed E-state index contributed by atoms with van der Waals surface area (Å²) in [7, 11) is 0. The van der Waals surface area contributed by atoms with E-state index < -0.39 is 0 Å². The zero-order chi connectivity index (χ0) is 10.3. The maximum Gasteiger partial charge on any atom is 0.311 e. The van der Waals surface area contributed by atoms with Crippen LogP contribution in [0, 0.1) is 17.8 Å². The van der Waals surface area contributed by atoms with Crippen LogP contribution in [0.3, 0.4) is 0 Å². The number of fused-ring (bicyclic) bond motifs is 1. The number of ether oxygens (including phenoxy) is 1. The van der Waals surface area contributed by atoms with Crippen LogP contribution in [0.5, 0.6) is 0 Å². The molecule has 0 bridgehead atoms. The fourth-order valence-electron chi connectivity index (χ4n) is 2.44. The van der Waals surface area contributed by atoms with Gasteiger partial charge in [-0.15, -0.1) is 0 Å². The molecule has 14 heavy (non-hydrogen) atoms. The molecule has 1 saturated heterocycles. The van der Waals surface area contributed by atoms with Crippen LogP contribution in [-0.2, 0) is 9.53 Å². The Balaban J connectivity index is 1.99. The van der Waals surface area contributed by atoms with E-state index in [0.717, 1.165) is 11.4 Å². The Morgan fingerprint density at radius 1 is 1.71 bits per heavy atom. The van der Waals surface area contributed by atoms with Crippen LogP contribution in [0.2, 0.25) is 0 Å². The van der Waals surface area contributed by atoms with Crippen LogP contribution in [0.1, 0.15) is 20.3 Å². The molecule has 0 radical (unpaired) electrons. The van der Waals surface area contributed by atoms with E-state index in [-0.39, 0.29) is 17.9 Å². The van der Waals surface area contributed by atoms with Crippen LogP contribution in [0.4, 0.5) is 0 Å². The first kappa shape index (κ1) is 9.90. The number of rotatable bonds is 2. The number of thiocarbonyl (C=S) groups is 1. The second-order valence-corrected chi connectivity index (χ2v) is 4.62. The van der Waals surface area contributed by atoms with E-state index in [9.17, 15) is 4.79 Å². The van der Waals surface area contributed by atoms with Gasteiger partial charge in [-0.05, 0) is 18.8 Å². The number of hydrogen-bond donors (Lipinski definition) is 1. The fourth-order valence-corrected chi connectivity index (χ4v) is 2.84. The Hall–Kier alpha value is -0.640. The standard InChI is InChI=1S/C10H15NO2S/c1-3-13-10(12)8-7-5(2)4-6(14)11-9(7)8/h5,7-9H,3-4H2,1-2H3,(H,11,14). The van der Waals surface area contributed by atoms with Crippen LogP contribution >= 0.6 is 12.2 Å². The number of nitrogens with one attached hydrogen (secondary N) is 1. The number of hydrogen-bond acceptors (Lipinski definition) is 3. The van der Waals surface area contributed by atoms with Crippen molar-refractivity contribution in [3.8, 4) is 0 Å². The molecule has 2 fully saturated rings. The molecule has 2 aliphatic rings. The van der Waals surface area contributed by atoms with E-state index in [1.807, 2.05) is 6.92 Å². The first-order valence-electron chi connectivity index (χ1n) is 5.11. The molecule has 4 atom stereocenters. The lowest BCUT2D eigenvalue weighted by Crippen LogP contribution is -2.33. The number of carbonyl (C=O) groups excluding carboxylic acids is 1. The van der Waals surface area contributed by atoms with Crippen LogP contribution < -0.4 is 5.32 Å². The van der Waals surface area contributed by atoms with Crippen LogP contribution in [0.25, 0.3) is 0 Å². The minimum absolute atomic E-state index is 0.0467. The van der Waals surface area contributed by atoms with Gasteiger partial charge in [0.1, 0.15) is 0 Å². The van der Waals surface area contributed by atoms with Gasteiger partial charge in [-0.2, -0.15) is 0 Å². The molecule has 1 heterocycles. The Kier molecular flexibility index (Phi) is 2.47. The third-order valence-electron chi connectivity index (χ3n) is 3.13. The molecule has 1 saturated carbocycles. The van der Waals surface area contributed by atoms with Gasteiger partial charge in [0.2, 0.25) is 0 Å². The lowest BCUT2D eigenvalue weighted by atomic mass is 9.98.